The molecule has 0 saturated carbocycles. The molecular formula is C13H22NO4+. The molecule has 1 atom stereocenters. The molecule has 1 rings (SSSR count). The van der Waals surface area contributed by atoms with Crippen molar-refractivity contribution in [2.75, 3.05) is 27.9 Å². The quantitative estimate of drug-likeness (QED) is 0.703. The lowest BCUT2D eigenvalue weighted by molar-refractivity contribution is -0.703. The zero-order valence-electron chi connectivity index (χ0n) is 11.3. The summed E-state index contributed by atoms with van der Waals surface area (Å²) in [4.78, 5) is 0. The number of phenols is 1. The maximum absolute atomic E-state index is 9.72. The van der Waals surface area contributed by atoms with Gasteiger partial charge in [-0.2, -0.15) is 0 Å². The van der Waals surface area contributed by atoms with E-state index in [1.54, 1.807) is 26.4 Å². The average molecular weight is 256 g/mol. The number of benzene rings is 1. The van der Waals surface area contributed by atoms with Gasteiger partial charge in [0.1, 0.15) is 12.6 Å². The van der Waals surface area contributed by atoms with Crippen molar-refractivity contribution in [3.63, 3.8) is 0 Å². The molecular weight excluding hydrogens is 234 g/mol. The molecule has 0 aliphatic carbocycles. The first-order valence-corrected chi connectivity index (χ1v) is 5.88. The minimum atomic E-state index is -0.223. The number of aromatic hydroxyl groups is 1. The summed E-state index contributed by atoms with van der Waals surface area (Å²) in [5.41, 5.74) is 1.03. The number of methoxy groups -OCH3 is 3. The van der Waals surface area contributed by atoms with E-state index < -0.39 is 0 Å². The van der Waals surface area contributed by atoms with Crippen LogP contribution >= 0.6 is 0 Å². The molecule has 0 spiro atoms. The predicted molar refractivity (Wildman–Crippen MR) is 67.7 cm³/mol. The summed E-state index contributed by atoms with van der Waals surface area (Å²) in [6.45, 7) is 2.75. The Morgan fingerprint density at radius 1 is 1.22 bits per heavy atom. The second-order valence-corrected chi connectivity index (χ2v) is 4.09. The predicted octanol–water partition coefficient (Wildman–Crippen LogP) is 0.644. The van der Waals surface area contributed by atoms with Gasteiger partial charge in [-0.1, -0.05) is 0 Å². The fourth-order valence-corrected chi connectivity index (χ4v) is 1.73. The minimum Gasteiger partial charge on any atom is -0.504 e. The van der Waals surface area contributed by atoms with Crippen LogP contribution in [0.15, 0.2) is 18.2 Å². The molecule has 5 heteroatoms. The second-order valence-electron chi connectivity index (χ2n) is 4.09. The van der Waals surface area contributed by atoms with Crippen LogP contribution < -0.4 is 10.1 Å². The Balaban J connectivity index is 2.61. The molecule has 0 fully saturated rings. The number of ether oxygens (including phenoxy) is 3. The average Bonchev–Trinajstić information content (AvgIpc) is 2.39. The molecule has 0 bridgehead atoms. The van der Waals surface area contributed by atoms with Crippen molar-refractivity contribution < 1.29 is 24.6 Å². The first kappa shape index (κ1) is 14.8. The summed E-state index contributed by atoms with van der Waals surface area (Å²) >= 11 is 0. The normalized spacial score (nSPS) is 12.7. The van der Waals surface area contributed by atoms with Crippen LogP contribution in [0.25, 0.3) is 0 Å². The number of quaternary nitrogens is 1. The lowest BCUT2D eigenvalue weighted by atomic mass is 10.1. The topological polar surface area (TPSA) is 64.5 Å². The summed E-state index contributed by atoms with van der Waals surface area (Å²) in [7, 11) is 4.77. The van der Waals surface area contributed by atoms with Crippen LogP contribution in [0.4, 0.5) is 0 Å². The van der Waals surface area contributed by atoms with Crippen LogP contribution in [0.5, 0.6) is 11.5 Å². The summed E-state index contributed by atoms with van der Waals surface area (Å²) in [5, 5.41) is 11.8. The SMILES string of the molecule is COc1ccc([C@H](C)[NH2+]CC(OC)OC)cc1O. The zero-order valence-corrected chi connectivity index (χ0v) is 11.3. The summed E-state index contributed by atoms with van der Waals surface area (Å²) in [6, 6.07) is 5.62. The van der Waals surface area contributed by atoms with E-state index in [1.807, 2.05) is 6.07 Å². The fraction of sp³-hybridized carbons (Fsp3) is 0.538. The fourth-order valence-electron chi connectivity index (χ4n) is 1.73. The highest BCUT2D eigenvalue weighted by atomic mass is 16.7. The van der Waals surface area contributed by atoms with Gasteiger partial charge >= 0.3 is 0 Å². The van der Waals surface area contributed by atoms with Gasteiger partial charge in [-0.15, -0.1) is 0 Å². The van der Waals surface area contributed by atoms with Crippen molar-refractivity contribution in [3.8, 4) is 11.5 Å². The van der Waals surface area contributed by atoms with Crippen molar-refractivity contribution in [3.05, 3.63) is 23.8 Å². The van der Waals surface area contributed by atoms with Crippen LogP contribution in [0.3, 0.4) is 0 Å². The Morgan fingerprint density at radius 2 is 1.89 bits per heavy atom. The lowest BCUT2D eigenvalue weighted by Gasteiger charge is -2.16. The molecule has 5 nitrogen and oxygen atoms in total. The van der Waals surface area contributed by atoms with Crippen LogP contribution in [0.1, 0.15) is 18.5 Å². The molecule has 0 unspecified atom stereocenters. The molecule has 0 amide bonds. The molecule has 0 aliphatic rings. The van der Waals surface area contributed by atoms with E-state index in [0.717, 1.165) is 5.56 Å². The molecule has 3 N–H and O–H groups in total. The maximum atomic E-state index is 9.72. The van der Waals surface area contributed by atoms with Gasteiger partial charge in [0.25, 0.3) is 0 Å². The van der Waals surface area contributed by atoms with Crippen LogP contribution in [0, 0.1) is 0 Å². The van der Waals surface area contributed by atoms with E-state index in [9.17, 15) is 5.11 Å². The van der Waals surface area contributed by atoms with Gasteiger partial charge in [-0.25, -0.2) is 0 Å². The molecule has 102 valence electrons. The summed E-state index contributed by atoms with van der Waals surface area (Å²) < 4.78 is 15.3. The summed E-state index contributed by atoms with van der Waals surface area (Å²) in [5.74, 6) is 0.642. The van der Waals surface area contributed by atoms with Gasteiger partial charge in [0.15, 0.2) is 11.5 Å². The van der Waals surface area contributed by atoms with E-state index in [4.69, 9.17) is 14.2 Å². The molecule has 18 heavy (non-hydrogen) atoms. The van der Waals surface area contributed by atoms with Crippen molar-refractivity contribution in [2.45, 2.75) is 19.3 Å². The molecule has 0 radical (unpaired) electrons. The first-order chi connectivity index (χ1) is 8.62. The van der Waals surface area contributed by atoms with Crippen molar-refractivity contribution in [1.82, 2.24) is 0 Å². The maximum Gasteiger partial charge on any atom is 0.206 e. The number of hydrogen-bond acceptors (Lipinski definition) is 4. The molecule has 0 aromatic heterocycles. The molecule has 1 aromatic carbocycles. The second kappa shape index (κ2) is 7.20. The largest absolute Gasteiger partial charge is 0.504 e. The number of hydrogen-bond donors (Lipinski definition) is 2. The summed E-state index contributed by atoms with van der Waals surface area (Å²) in [6.07, 6.45) is -0.223. The Hall–Kier alpha value is -1.30. The third-order valence-electron chi connectivity index (χ3n) is 2.94. The van der Waals surface area contributed by atoms with E-state index in [1.165, 1.54) is 7.11 Å². The lowest BCUT2D eigenvalue weighted by Crippen LogP contribution is -2.86. The van der Waals surface area contributed by atoms with E-state index in [2.05, 4.69) is 12.2 Å². The smallest absolute Gasteiger partial charge is 0.206 e. The van der Waals surface area contributed by atoms with Crippen LogP contribution in [-0.2, 0) is 9.47 Å². The zero-order chi connectivity index (χ0) is 13.5. The van der Waals surface area contributed by atoms with Crippen LogP contribution in [-0.4, -0.2) is 39.3 Å². The third-order valence-corrected chi connectivity index (χ3v) is 2.94. The Bertz CT molecular complexity index is 366. The van der Waals surface area contributed by atoms with E-state index >= 15 is 0 Å². The first-order valence-electron chi connectivity index (χ1n) is 5.88. The van der Waals surface area contributed by atoms with Gasteiger partial charge < -0.3 is 24.6 Å². The van der Waals surface area contributed by atoms with Crippen LogP contribution in [0.2, 0.25) is 0 Å². The molecule has 0 heterocycles. The van der Waals surface area contributed by atoms with Gasteiger partial charge in [0.05, 0.1) is 7.11 Å². The number of rotatable bonds is 7. The monoisotopic (exact) mass is 256 g/mol. The highest BCUT2D eigenvalue weighted by Crippen LogP contribution is 2.27. The van der Waals surface area contributed by atoms with Crippen molar-refractivity contribution >= 4 is 0 Å². The Kier molecular flexibility index (Phi) is 5.91. The Morgan fingerprint density at radius 3 is 2.39 bits per heavy atom. The van der Waals surface area contributed by atoms with Gasteiger partial charge in [0.2, 0.25) is 6.29 Å². The minimum absolute atomic E-state index is 0.158. The van der Waals surface area contributed by atoms with E-state index in [-0.39, 0.29) is 18.1 Å². The standard InChI is InChI=1S/C13H21NO4/c1-9(14-8-13(17-3)18-4)10-5-6-12(16-2)11(15)7-10/h5-7,9,13-15H,8H2,1-4H3/p+1/t9-/m0/s1. The number of phenolic OH excluding ortho intramolecular Hbond substituents is 1. The van der Waals surface area contributed by atoms with Crippen molar-refractivity contribution in [1.29, 1.82) is 0 Å². The highest BCUT2D eigenvalue weighted by molar-refractivity contribution is 5.42. The van der Waals surface area contributed by atoms with Gasteiger partial charge in [-0.3, -0.25) is 0 Å². The molecule has 0 saturated heterocycles. The van der Waals surface area contributed by atoms with Gasteiger partial charge in [-0.05, 0) is 25.1 Å². The van der Waals surface area contributed by atoms with E-state index in [0.29, 0.717) is 12.3 Å². The van der Waals surface area contributed by atoms with Gasteiger partial charge in [0, 0.05) is 19.8 Å². The number of nitrogens with two attached hydrogens (primary N) is 1. The van der Waals surface area contributed by atoms with Crippen molar-refractivity contribution in [2.24, 2.45) is 0 Å². The highest BCUT2D eigenvalue weighted by Gasteiger charge is 2.14. The Labute approximate surface area is 108 Å². The molecule has 1 aromatic rings. The third kappa shape index (κ3) is 3.87. The molecule has 0 aliphatic heterocycles.